The van der Waals surface area contributed by atoms with Crippen molar-refractivity contribution in [1.82, 2.24) is 10.2 Å². The third-order valence-corrected chi connectivity index (χ3v) is 3.30. The highest BCUT2D eigenvalue weighted by molar-refractivity contribution is 7.13. The summed E-state index contributed by atoms with van der Waals surface area (Å²) in [6.07, 6.45) is 0. The van der Waals surface area contributed by atoms with Crippen LogP contribution >= 0.6 is 11.3 Å². The Morgan fingerprint density at radius 2 is 1.89 bits per heavy atom. The average molecular weight is 258 g/mol. The van der Waals surface area contributed by atoms with Crippen molar-refractivity contribution in [3.05, 3.63) is 47.5 Å². The molecule has 0 radical (unpaired) electrons. The largest absolute Gasteiger partial charge is 0.430 e. The smallest absolute Gasteiger partial charge is 0.299 e. The molecule has 0 fully saturated rings. The molecule has 1 heterocycles. The van der Waals surface area contributed by atoms with Crippen molar-refractivity contribution >= 4 is 22.1 Å². The van der Waals surface area contributed by atoms with E-state index in [2.05, 4.69) is 10.2 Å². The number of hydrogen-bond acceptors (Lipinski definition) is 5. The molecule has 2 aromatic carbocycles. The normalized spacial score (nSPS) is 10.7. The minimum absolute atomic E-state index is 0.112. The molecule has 0 spiro atoms. The maximum atomic E-state index is 8.91. The van der Waals surface area contributed by atoms with Crippen LogP contribution in [-0.2, 0) is 6.61 Å². The zero-order valence-electron chi connectivity index (χ0n) is 9.41. The van der Waals surface area contributed by atoms with Gasteiger partial charge in [0.15, 0.2) is 0 Å². The van der Waals surface area contributed by atoms with Gasteiger partial charge >= 0.3 is 0 Å². The van der Waals surface area contributed by atoms with Gasteiger partial charge in [-0.15, -0.1) is 5.10 Å². The molecule has 0 saturated carbocycles. The van der Waals surface area contributed by atoms with Crippen LogP contribution < -0.4 is 4.74 Å². The van der Waals surface area contributed by atoms with Gasteiger partial charge in [-0.25, -0.2) is 0 Å². The second-order valence-electron chi connectivity index (χ2n) is 3.73. The first-order valence-corrected chi connectivity index (χ1v) is 6.27. The molecule has 0 unspecified atom stereocenters. The van der Waals surface area contributed by atoms with Crippen LogP contribution in [0.3, 0.4) is 0 Å². The minimum Gasteiger partial charge on any atom is -0.430 e. The van der Waals surface area contributed by atoms with E-state index in [9.17, 15) is 0 Å². The lowest BCUT2D eigenvalue weighted by Gasteiger charge is -2.02. The summed E-state index contributed by atoms with van der Waals surface area (Å²) in [6, 6.07) is 13.9. The Balaban J connectivity index is 1.90. The Labute approximate surface area is 107 Å². The van der Waals surface area contributed by atoms with Crippen LogP contribution in [0.1, 0.15) is 5.01 Å². The Bertz CT molecular complexity index is 681. The third-order valence-electron chi connectivity index (χ3n) is 2.51. The number of aliphatic hydroxyl groups is 1. The van der Waals surface area contributed by atoms with Crippen molar-refractivity contribution in [2.45, 2.75) is 6.61 Å². The molecule has 0 aliphatic rings. The summed E-state index contributed by atoms with van der Waals surface area (Å²) < 4.78 is 5.60. The average Bonchev–Trinajstić information content (AvgIpc) is 2.86. The lowest BCUT2D eigenvalue weighted by molar-refractivity contribution is 0.280. The van der Waals surface area contributed by atoms with E-state index in [1.807, 2.05) is 42.5 Å². The Morgan fingerprint density at radius 3 is 2.67 bits per heavy atom. The highest BCUT2D eigenvalue weighted by Crippen LogP contribution is 2.27. The van der Waals surface area contributed by atoms with Crippen LogP contribution in [0, 0.1) is 0 Å². The lowest BCUT2D eigenvalue weighted by atomic mass is 10.1. The van der Waals surface area contributed by atoms with Crippen LogP contribution in [0.2, 0.25) is 0 Å². The predicted molar refractivity (Wildman–Crippen MR) is 69.9 cm³/mol. The van der Waals surface area contributed by atoms with Gasteiger partial charge in [0.25, 0.3) is 5.19 Å². The molecule has 18 heavy (non-hydrogen) atoms. The Kier molecular flexibility index (Phi) is 2.92. The predicted octanol–water partition coefficient (Wildman–Crippen LogP) is 2.98. The van der Waals surface area contributed by atoms with E-state index < -0.39 is 0 Å². The van der Waals surface area contributed by atoms with Gasteiger partial charge in [0.1, 0.15) is 10.8 Å². The van der Waals surface area contributed by atoms with Crippen LogP contribution in [0.5, 0.6) is 10.9 Å². The third kappa shape index (κ3) is 2.18. The van der Waals surface area contributed by atoms with E-state index in [1.165, 1.54) is 11.3 Å². The summed E-state index contributed by atoms with van der Waals surface area (Å²) in [6.45, 7) is -0.112. The van der Waals surface area contributed by atoms with Crippen LogP contribution in [0.4, 0.5) is 0 Å². The fourth-order valence-corrected chi connectivity index (χ4v) is 2.24. The quantitative estimate of drug-likeness (QED) is 0.784. The molecule has 1 aromatic heterocycles. The number of fused-ring (bicyclic) bond motifs is 1. The Morgan fingerprint density at radius 1 is 1.06 bits per heavy atom. The number of ether oxygens (including phenoxy) is 1. The van der Waals surface area contributed by atoms with Crippen LogP contribution in [-0.4, -0.2) is 15.3 Å². The maximum Gasteiger partial charge on any atom is 0.299 e. The summed E-state index contributed by atoms with van der Waals surface area (Å²) in [5.41, 5.74) is 0. The maximum absolute atomic E-state index is 8.91. The zero-order valence-corrected chi connectivity index (χ0v) is 10.2. The fourth-order valence-electron chi connectivity index (χ4n) is 1.68. The van der Waals surface area contributed by atoms with Crippen molar-refractivity contribution in [3.8, 4) is 10.9 Å². The van der Waals surface area contributed by atoms with Gasteiger partial charge in [-0.2, -0.15) is 0 Å². The number of aromatic nitrogens is 2. The van der Waals surface area contributed by atoms with Crippen LogP contribution in [0.25, 0.3) is 10.8 Å². The molecule has 3 rings (SSSR count). The van der Waals surface area contributed by atoms with Gasteiger partial charge in [-0.3, -0.25) is 0 Å². The number of aliphatic hydroxyl groups excluding tert-OH is 1. The fraction of sp³-hybridized carbons (Fsp3) is 0.0769. The van der Waals surface area contributed by atoms with E-state index in [1.54, 1.807) is 0 Å². The van der Waals surface area contributed by atoms with Gasteiger partial charge in [0, 0.05) is 0 Å². The lowest BCUT2D eigenvalue weighted by Crippen LogP contribution is -1.83. The molecule has 0 atom stereocenters. The van der Waals surface area contributed by atoms with Gasteiger partial charge in [0.05, 0.1) is 6.61 Å². The van der Waals surface area contributed by atoms with E-state index in [4.69, 9.17) is 9.84 Å². The molecule has 5 heteroatoms. The van der Waals surface area contributed by atoms with Crippen molar-refractivity contribution in [1.29, 1.82) is 0 Å². The van der Waals surface area contributed by atoms with E-state index in [0.29, 0.717) is 16.0 Å². The Hall–Kier alpha value is -1.98. The van der Waals surface area contributed by atoms with E-state index >= 15 is 0 Å². The molecule has 0 amide bonds. The molecule has 90 valence electrons. The molecule has 1 N–H and O–H groups in total. The minimum atomic E-state index is -0.112. The summed E-state index contributed by atoms with van der Waals surface area (Å²) >= 11 is 1.24. The van der Waals surface area contributed by atoms with Crippen molar-refractivity contribution in [2.75, 3.05) is 0 Å². The van der Waals surface area contributed by atoms with Gasteiger partial charge in [-0.05, 0) is 22.9 Å². The topological polar surface area (TPSA) is 55.2 Å². The molecule has 0 saturated heterocycles. The van der Waals surface area contributed by atoms with Crippen molar-refractivity contribution in [2.24, 2.45) is 0 Å². The number of hydrogen-bond donors (Lipinski definition) is 1. The molecule has 0 aliphatic carbocycles. The second kappa shape index (κ2) is 4.72. The second-order valence-corrected chi connectivity index (χ2v) is 4.76. The van der Waals surface area contributed by atoms with Gasteiger partial charge in [-0.1, -0.05) is 46.8 Å². The highest BCUT2D eigenvalue weighted by Gasteiger charge is 2.05. The first-order chi connectivity index (χ1) is 8.85. The van der Waals surface area contributed by atoms with Crippen LogP contribution in [0.15, 0.2) is 42.5 Å². The first kappa shape index (κ1) is 11.1. The van der Waals surface area contributed by atoms with Gasteiger partial charge in [0.2, 0.25) is 0 Å². The van der Waals surface area contributed by atoms with E-state index in [0.717, 1.165) is 10.8 Å². The molecule has 0 bridgehead atoms. The monoisotopic (exact) mass is 258 g/mol. The molecular formula is C13H10N2O2S. The summed E-state index contributed by atoms with van der Waals surface area (Å²) in [7, 11) is 0. The standard InChI is InChI=1S/C13H10N2O2S/c16-8-12-14-15-13(18-12)17-11-6-5-9-3-1-2-4-10(9)7-11/h1-7,16H,8H2. The SMILES string of the molecule is OCc1nnc(Oc2ccc3ccccc3c2)s1. The van der Waals surface area contributed by atoms with Crippen molar-refractivity contribution in [3.63, 3.8) is 0 Å². The zero-order chi connectivity index (χ0) is 12.4. The number of nitrogens with zero attached hydrogens (tertiary/aromatic N) is 2. The molecule has 0 aliphatic heterocycles. The van der Waals surface area contributed by atoms with Gasteiger partial charge < -0.3 is 9.84 Å². The molecule has 3 aromatic rings. The first-order valence-electron chi connectivity index (χ1n) is 5.45. The molecular weight excluding hydrogens is 248 g/mol. The summed E-state index contributed by atoms with van der Waals surface area (Å²) in [4.78, 5) is 0. The summed E-state index contributed by atoms with van der Waals surface area (Å²) in [5.74, 6) is 0.717. The van der Waals surface area contributed by atoms with E-state index in [-0.39, 0.29) is 6.61 Å². The molecule has 4 nitrogen and oxygen atoms in total. The van der Waals surface area contributed by atoms with Crippen molar-refractivity contribution < 1.29 is 9.84 Å². The number of rotatable bonds is 3. The summed E-state index contributed by atoms with van der Waals surface area (Å²) in [5, 5.41) is 19.8. The highest BCUT2D eigenvalue weighted by atomic mass is 32.1. The number of benzene rings is 2.